The van der Waals surface area contributed by atoms with E-state index in [0.717, 1.165) is 42.3 Å². The highest BCUT2D eigenvalue weighted by Gasteiger charge is 2.19. The molecule has 0 aliphatic heterocycles. The molecule has 4 rings (SSSR count). The van der Waals surface area contributed by atoms with Gasteiger partial charge in [-0.05, 0) is 43.4 Å². The number of fused-ring (bicyclic) bond motifs is 2. The Bertz CT molecular complexity index is 1170. The number of hydrogen-bond acceptors (Lipinski definition) is 5. The van der Waals surface area contributed by atoms with Crippen LogP contribution in [0.25, 0.3) is 10.9 Å². The predicted octanol–water partition coefficient (Wildman–Crippen LogP) is 4.68. The highest BCUT2D eigenvalue weighted by Crippen LogP contribution is 2.29. The lowest BCUT2D eigenvalue weighted by Crippen LogP contribution is -2.08. The summed E-state index contributed by atoms with van der Waals surface area (Å²) in [4.78, 5) is 17.7. The number of ketones is 1. The number of carbonyl (C=O) groups is 1. The topological polar surface area (TPSA) is 82.5 Å². The molecule has 0 atom stereocenters. The molecular formula is C23H20N4OS. The second-order valence-corrected chi connectivity index (χ2v) is 8.10. The second kappa shape index (κ2) is 8.51. The fourth-order valence-corrected chi connectivity index (χ4v) is 4.70. The number of nitriles is 2. The maximum absolute atomic E-state index is 13.0. The molecule has 29 heavy (non-hydrogen) atoms. The molecule has 0 amide bonds. The summed E-state index contributed by atoms with van der Waals surface area (Å²) in [5, 5.41) is 20.0. The highest BCUT2D eigenvalue weighted by molar-refractivity contribution is 8.00. The molecule has 0 unspecified atom stereocenters. The highest BCUT2D eigenvalue weighted by atomic mass is 32.2. The van der Waals surface area contributed by atoms with Gasteiger partial charge in [-0.3, -0.25) is 4.79 Å². The van der Waals surface area contributed by atoms with Gasteiger partial charge < -0.3 is 4.57 Å². The fraction of sp³-hybridized carbons (Fsp3) is 0.304. The van der Waals surface area contributed by atoms with E-state index in [1.807, 2.05) is 41.1 Å². The van der Waals surface area contributed by atoms with Gasteiger partial charge in [0, 0.05) is 34.9 Å². The van der Waals surface area contributed by atoms with Crippen LogP contribution in [0.15, 0.2) is 41.6 Å². The Labute approximate surface area is 174 Å². The minimum Gasteiger partial charge on any atom is -0.346 e. The number of thioether (sulfide) groups is 1. The number of pyridine rings is 1. The van der Waals surface area contributed by atoms with E-state index in [-0.39, 0.29) is 11.5 Å². The van der Waals surface area contributed by atoms with E-state index >= 15 is 0 Å². The van der Waals surface area contributed by atoms with Crippen LogP contribution >= 0.6 is 11.8 Å². The van der Waals surface area contributed by atoms with Gasteiger partial charge in [0.15, 0.2) is 5.78 Å². The number of para-hydroxylation sites is 1. The van der Waals surface area contributed by atoms with Gasteiger partial charge in [0.25, 0.3) is 0 Å². The standard InChI is InChI=1S/C23H20N4OS/c24-10-5-11-27-14-19(18-7-2-4-9-21(18)27)22(28)15-29-23-17(13-25)12-16-6-1-3-8-20(16)26-23/h2,4,7,9,12,14H,1,3,5-6,8,11,15H2. The molecule has 0 N–H and O–H groups in total. The van der Waals surface area contributed by atoms with Crippen molar-refractivity contribution in [2.45, 2.75) is 43.7 Å². The Morgan fingerprint density at radius 2 is 2.03 bits per heavy atom. The van der Waals surface area contributed by atoms with Crippen molar-refractivity contribution in [3.8, 4) is 12.1 Å². The summed E-state index contributed by atoms with van der Waals surface area (Å²) in [5.41, 5.74) is 4.41. The fourth-order valence-electron chi connectivity index (χ4n) is 3.84. The van der Waals surface area contributed by atoms with Gasteiger partial charge in [0.05, 0.1) is 23.8 Å². The molecule has 6 heteroatoms. The van der Waals surface area contributed by atoms with Crippen LogP contribution in [0, 0.1) is 22.7 Å². The van der Waals surface area contributed by atoms with Gasteiger partial charge in [-0.25, -0.2) is 4.98 Å². The Kier molecular flexibility index (Phi) is 5.64. The van der Waals surface area contributed by atoms with Crippen molar-refractivity contribution in [2.24, 2.45) is 0 Å². The predicted molar refractivity (Wildman–Crippen MR) is 113 cm³/mol. The molecular weight excluding hydrogens is 380 g/mol. The van der Waals surface area contributed by atoms with Crippen LogP contribution in [0.3, 0.4) is 0 Å². The summed E-state index contributed by atoms with van der Waals surface area (Å²) >= 11 is 1.34. The van der Waals surface area contributed by atoms with Gasteiger partial charge in [-0.15, -0.1) is 0 Å². The Morgan fingerprint density at radius 1 is 1.21 bits per heavy atom. The lowest BCUT2D eigenvalue weighted by molar-refractivity contribution is 0.102. The van der Waals surface area contributed by atoms with Crippen molar-refractivity contribution < 1.29 is 4.79 Å². The van der Waals surface area contributed by atoms with Crippen molar-refractivity contribution in [1.29, 1.82) is 10.5 Å². The first-order chi connectivity index (χ1) is 14.2. The molecule has 3 aromatic rings. The van der Waals surface area contributed by atoms with E-state index in [1.165, 1.54) is 17.3 Å². The van der Waals surface area contributed by atoms with Crippen LogP contribution in [-0.4, -0.2) is 21.1 Å². The van der Waals surface area contributed by atoms with Gasteiger partial charge in [0.2, 0.25) is 0 Å². The lowest BCUT2D eigenvalue weighted by atomic mass is 9.95. The minimum atomic E-state index is 0.00492. The summed E-state index contributed by atoms with van der Waals surface area (Å²) in [5.74, 6) is 0.234. The van der Waals surface area contributed by atoms with Crippen LogP contribution in [0.4, 0.5) is 0 Å². The van der Waals surface area contributed by atoms with Crippen LogP contribution in [0.5, 0.6) is 0 Å². The molecule has 5 nitrogen and oxygen atoms in total. The number of rotatable bonds is 6. The average molecular weight is 401 g/mol. The zero-order valence-electron chi connectivity index (χ0n) is 16.0. The molecule has 2 aromatic heterocycles. The number of nitrogens with zero attached hydrogens (tertiary/aromatic N) is 4. The monoisotopic (exact) mass is 400 g/mol. The van der Waals surface area contributed by atoms with Crippen molar-refractivity contribution >= 4 is 28.4 Å². The van der Waals surface area contributed by atoms with Crippen molar-refractivity contribution in [1.82, 2.24) is 9.55 Å². The maximum atomic E-state index is 13.0. The number of aromatic nitrogens is 2. The molecule has 0 bridgehead atoms. The SMILES string of the molecule is N#CCCn1cc(C(=O)CSc2nc3c(cc2C#N)CCCC3)c2ccccc21. The first-order valence-electron chi connectivity index (χ1n) is 9.75. The van der Waals surface area contributed by atoms with E-state index in [0.29, 0.717) is 29.1 Å². The normalized spacial score (nSPS) is 12.9. The van der Waals surface area contributed by atoms with Crippen LogP contribution in [0.2, 0.25) is 0 Å². The summed E-state index contributed by atoms with van der Waals surface area (Å²) in [6.07, 6.45) is 6.41. The smallest absolute Gasteiger partial charge is 0.175 e. The van der Waals surface area contributed by atoms with E-state index in [1.54, 1.807) is 0 Å². The van der Waals surface area contributed by atoms with E-state index in [2.05, 4.69) is 12.1 Å². The molecule has 1 aliphatic rings. The molecule has 0 saturated heterocycles. The largest absolute Gasteiger partial charge is 0.346 e. The van der Waals surface area contributed by atoms with Gasteiger partial charge in [-0.2, -0.15) is 10.5 Å². The Balaban J connectivity index is 1.58. The molecule has 0 radical (unpaired) electrons. The summed E-state index contributed by atoms with van der Waals surface area (Å²) < 4.78 is 1.97. The van der Waals surface area contributed by atoms with Gasteiger partial charge in [0.1, 0.15) is 11.1 Å². The average Bonchev–Trinajstić information content (AvgIpc) is 3.14. The lowest BCUT2D eigenvalue weighted by Gasteiger charge is -2.16. The first kappa shape index (κ1) is 19.2. The van der Waals surface area contributed by atoms with E-state index in [4.69, 9.17) is 10.2 Å². The number of carbonyl (C=O) groups excluding carboxylic acids is 1. The Morgan fingerprint density at radius 3 is 2.86 bits per heavy atom. The molecule has 0 spiro atoms. The van der Waals surface area contributed by atoms with E-state index < -0.39 is 0 Å². The molecule has 1 aliphatic carbocycles. The summed E-state index contributed by atoms with van der Waals surface area (Å²) in [6.45, 7) is 0.558. The number of hydrogen-bond donors (Lipinski definition) is 0. The van der Waals surface area contributed by atoms with Gasteiger partial charge in [-0.1, -0.05) is 30.0 Å². The summed E-state index contributed by atoms with van der Waals surface area (Å²) in [7, 11) is 0. The van der Waals surface area contributed by atoms with Gasteiger partial charge >= 0.3 is 0 Å². The number of Topliss-reactive ketones (excluding diaryl/α,β-unsaturated/α-hetero) is 1. The maximum Gasteiger partial charge on any atom is 0.175 e. The number of aryl methyl sites for hydroxylation is 3. The number of benzene rings is 1. The molecule has 0 fully saturated rings. The van der Waals surface area contributed by atoms with Crippen molar-refractivity contribution in [2.75, 3.05) is 5.75 Å². The molecule has 1 aromatic carbocycles. The van der Waals surface area contributed by atoms with Crippen molar-refractivity contribution in [3.63, 3.8) is 0 Å². The molecule has 2 heterocycles. The molecule has 144 valence electrons. The first-order valence-corrected chi connectivity index (χ1v) is 10.7. The zero-order valence-corrected chi connectivity index (χ0v) is 16.8. The third-order valence-electron chi connectivity index (χ3n) is 5.28. The van der Waals surface area contributed by atoms with E-state index in [9.17, 15) is 10.1 Å². The van der Waals surface area contributed by atoms with Crippen LogP contribution in [-0.2, 0) is 19.4 Å². The summed E-state index contributed by atoms with van der Waals surface area (Å²) in [6, 6.07) is 14.1. The van der Waals surface area contributed by atoms with Crippen LogP contribution in [0.1, 0.15) is 46.4 Å². The Hall–Kier alpha value is -3.09. The second-order valence-electron chi connectivity index (χ2n) is 7.14. The third-order valence-corrected chi connectivity index (χ3v) is 6.27. The molecule has 0 saturated carbocycles. The quantitative estimate of drug-likeness (QED) is 0.443. The van der Waals surface area contributed by atoms with Crippen molar-refractivity contribution in [3.05, 3.63) is 58.9 Å². The van der Waals surface area contributed by atoms with Crippen LogP contribution < -0.4 is 0 Å². The zero-order chi connectivity index (χ0) is 20.2. The minimum absolute atomic E-state index is 0.00492. The third kappa shape index (κ3) is 3.90.